The fraction of sp³-hybridized carbons (Fsp3) is 0.308. The molecule has 1 aromatic carbocycles. The first kappa shape index (κ1) is 11.7. The molecule has 1 aromatic rings. The predicted molar refractivity (Wildman–Crippen MR) is 61.1 cm³/mol. The molecule has 4 nitrogen and oxygen atoms in total. The fourth-order valence-electron chi connectivity index (χ4n) is 1.61. The van der Waals surface area contributed by atoms with E-state index < -0.39 is 0 Å². The van der Waals surface area contributed by atoms with E-state index in [9.17, 15) is 4.79 Å². The molecule has 0 bridgehead atoms. The second-order valence-electron chi connectivity index (χ2n) is 4.04. The monoisotopic (exact) mass is 234 g/mol. The molecule has 2 rings (SSSR count). The first-order chi connectivity index (χ1) is 8.15. The van der Waals surface area contributed by atoms with Crippen LogP contribution in [0.15, 0.2) is 30.0 Å². The Hall–Kier alpha value is -1.81. The van der Waals surface area contributed by atoms with Gasteiger partial charge in [0.05, 0.1) is 6.26 Å². The maximum atomic E-state index is 10.7. The van der Waals surface area contributed by atoms with Crippen molar-refractivity contribution in [3.05, 3.63) is 41.2 Å². The quantitative estimate of drug-likeness (QED) is 0.458. The molecule has 0 radical (unpaired) electrons. The van der Waals surface area contributed by atoms with E-state index in [0.717, 1.165) is 22.4 Å². The minimum Gasteiger partial charge on any atom is -0.435 e. The Kier molecular flexibility index (Phi) is 3.44. The van der Waals surface area contributed by atoms with Crippen molar-refractivity contribution in [2.75, 3.05) is 0 Å². The minimum absolute atomic E-state index is 0.310. The SMILES string of the molecule is CC(=O)O/C=C(/C)Cc1ccc2c(c1)OOC2. The predicted octanol–water partition coefficient (Wildman–Crippen LogP) is 2.52. The number of carbonyl (C=O) groups is 1. The van der Waals surface area contributed by atoms with Gasteiger partial charge in [0.2, 0.25) is 0 Å². The van der Waals surface area contributed by atoms with Crippen LogP contribution in [0.2, 0.25) is 0 Å². The standard InChI is InChI=1S/C13H14O4/c1-9(7-15-10(2)14)5-11-3-4-12-8-16-17-13(12)6-11/h3-4,6-7H,5,8H2,1-2H3/b9-7-. The van der Waals surface area contributed by atoms with Gasteiger partial charge in [-0.2, -0.15) is 4.89 Å². The Morgan fingerprint density at radius 3 is 3.06 bits per heavy atom. The van der Waals surface area contributed by atoms with Crippen molar-refractivity contribution in [3.63, 3.8) is 0 Å². The van der Waals surface area contributed by atoms with E-state index >= 15 is 0 Å². The highest BCUT2D eigenvalue weighted by molar-refractivity contribution is 5.66. The second-order valence-corrected chi connectivity index (χ2v) is 4.04. The minimum atomic E-state index is -0.310. The summed E-state index contributed by atoms with van der Waals surface area (Å²) in [7, 11) is 0. The molecule has 0 saturated carbocycles. The highest BCUT2D eigenvalue weighted by Crippen LogP contribution is 2.27. The van der Waals surface area contributed by atoms with Crippen LogP contribution in [0.5, 0.6) is 5.75 Å². The summed E-state index contributed by atoms with van der Waals surface area (Å²) in [5.74, 6) is 0.456. The summed E-state index contributed by atoms with van der Waals surface area (Å²) in [6, 6.07) is 5.94. The van der Waals surface area contributed by atoms with Crippen molar-refractivity contribution in [1.82, 2.24) is 0 Å². The first-order valence-electron chi connectivity index (χ1n) is 5.39. The Labute approximate surface area is 99.7 Å². The van der Waals surface area contributed by atoms with E-state index in [1.54, 1.807) is 0 Å². The Bertz CT molecular complexity index is 462. The summed E-state index contributed by atoms with van der Waals surface area (Å²) < 4.78 is 4.81. The van der Waals surface area contributed by atoms with Gasteiger partial charge < -0.3 is 9.62 Å². The lowest BCUT2D eigenvalue weighted by molar-refractivity contribution is -0.194. The number of esters is 1. The summed E-state index contributed by atoms with van der Waals surface area (Å²) in [5.41, 5.74) is 3.12. The van der Waals surface area contributed by atoms with Gasteiger partial charge in [0.15, 0.2) is 5.75 Å². The molecule has 90 valence electrons. The molecule has 1 aliphatic rings. The van der Waals surface area contributed by atoms with Crippen LogP contribution < -0.4 is 4.89 Å². The number of rotatable bonds is 3. The van der Waals surface area contributed by atoms with Gasteiger partial charge in [-0.3, -0.25) is 4.79 Å². The zero-order valence-electron chi connectivity index (χ0n) is 9.86. The van der Waals surface area contributed by atoms with Gasteiger partial charge in [-0.25, -0.2) is 0 Å². The Morgan fingerprint density at radius 1 is 1.47 bits per heavy atom. The van der Waals surface area contributed by atoms with Crippen LogP contribution in [0.4, 0.5) is 0 Å². The number of fused-ring (bicyclic) bond motifs is 1. The molecule has 1 aliphatic heterocycles. The molecule has 17 heavy (non-hydrogen) atoms. The molecule has 0 aliphatic carbocycles. The number of allylic oxidation sites excluding steroid dienone is 1. The summed E-state index contributed by atoms with van der Waals surface area (Å²) >= 11 is 0. The molecule has 0 aromatic heterocycles. The largest absolute Gasteiger partial charge is 0.435 e. The molecule has 0 N–H and O–H groups in total. The fourth-order valence-corrected chi connectivity index (χ4v) is 1.61. The molecule has 0 spiro atoms. The van der Waals surface area contributed by atoms with Crippen LogP contribution in [-0.2, 0) is 27.4 Å². The van der Waals surface area contributed by atoms with Gasteiger partial charge in [-0.15, -0.1) is 0 Å². The van der Waals surface area contributed by atoms with Crippen molar-refractivity contribution in [3.8, 4) is 5.75 Å². The van der Waals surface area contributed by atoms with Gasteiger partial charge in [-0.1, -0.05) is 12.1 Å². The number of benzene rings is 1. The first-order valence-corrected chi connectivity index (χ1v) is 5.39. The van der Waals surface area contributed by atoms with Gasteiger partial charge in [0.25, 0.3) is 0 Å². The van der Waals surface area contributed by atoms with Crippen LogP contribution in [0.25, 0.3) is 0 Å². The lowest BCUT2D eigenvalue weighted by Crippen LogP contribution is -1.94. The molecular weight excluding hydrogens is 220 g/mol. The third kappa shape index (κ3) is 3.07. The number of ether oxygens (including phenoxy) is 1. The van der Waals surface area contributed by atoms with Crippen LogP contribution in [0.1, 0.15) is 25.0 Å². The van der Waals surface area contributed by atoms with Crippen molar-refractivity contribution in [2.45, 2.75) is 26.9 Å². The van der Waals surface area contributed by atoms with Crippen LogP contribution in [0.3, 0.4) is 0 Å². The van der Waals surface area contributed by atoms with E-state index in [1.165, 1.54) is 13.2 Å². The number of hydrogen-bond acceptors (Lipinski definition) is 4. The molecule has 0 amide bonds. The summed E-state index contributed by atoms with van der Waals surface area (Å²) in [6.07, 6.45) is 2.19. The van der Waals surface area contributed by atoms with E-state index in [0.29, 0.717) is 13.0 Å². The molecule has 4 heteroatoms. The van der Waals surface area contributed by atoms with E-state index in [2.05, 4.69) is 0 Å². The Balaban J connectivity index is 2.04. The van der Waals surface area contributed by atoms with Gasteiger partial charge in [0, 0.05) is 12.5 Å². The van der Waals surface area contributed by atoms with Gasteiger partial charge >= 0.3 is 5.97 Å². The molecular formula is C13H14O4. The third-order valence-electron chi connectivity index (χ3n) is 2.40. The van der Waals surface area contributed by atoms with Crippen LogP contribution >= 0.6 is 0 Å². The highest BCUT2D eigenvalue weighted by atomic mass is 17.2. The normalized spacial score (nSPS) is 14.1. The van der Waals surface area contributed by atoms with Crippen LogP contribution in [-0.4, -0.2) is 5.97 Å². The summed E-state index contributed by atoms with van der Waals surface area (Å²) in [4.78, 5) is 20.5. The molecule has 1 heterocycles. The van der Waals surface area contributed by atoms with Crippen molar-refractivity contribution in [1.29, 1.82) is 0 Å². The lowest BCUT2D eigenvalue weighted by Gasteiger charge is -2.03. The summed E-state index contributed by atoms with van der Waals surface area (Å²) in [6.45, 7) is 3.79. The second kappa shape index (κ2) is 5.01. The summed E-state index contributed by atoms with van der Waals surface area (Å²) in [5, 5.41) is 0. The van der Waals surface area contributed by atoms with Crippen molar-refractivity contribution < 1.29 is 19.3 Å². The molecule has 0 unspecified atom stereocenters. The number of carbonyl (C=O) groups excluding carboxylic acids is 1. The van der Waals surface area contributed by atoms with Crippen molar-refractivity contribution in [2.24, 2.45) is 0 Å². The zero-order valence-corrected chi connectivity index (χ0v) is 9.86. The molecule has 0 fully saturated rings. The highest BCUT2D eigenvalue weighted by Gasteiger charge is 2.13. The Morgan fingerprint density at radius 2 is 2.29 bits per heavy atom. The maximum absolute atomic E-state index is 10.7. The third-order valence-corrected chi connectivity index (χ3v) is 2.40. The topological polar surface area (TPSA) is 44.8 Å². The number of hydrogen-bond donors (Lipinski definition) is 0. The van der Waals surface area contributed by atoms with E-state index in [1.807, 2.05) is 25.1 Å². The average Bonchev–Trinajstić information content (AvgIpc) is 2.73. The smallest absolute Gasteiger partial charge is 0.307 e. The van der Waals surface area contributed by atoms with E-state index in [-0.39, 0.29) is 5.97 Å². The van der Waals surface area contributed by atoms with Gasteiger partial charge in [0.1, 0.15) is 6.61 Å². The van der Waals surface area contributed by atoms with E-state index in [4.69, 9.17) is 14.5 Å². The maximum Gasteiger partial charge on any atom is 0.307 e. The molecule has 0 atom stereocenters. The lowest BCUT2D eigenvalue weighted by atomic mass is 10.0. The van der Waals surface area contributed by atoms with Crippen molar-refractivity contribution >= 4 is 5.97 Å². The van der Waals surface area contributed by atoms with Crippen LogP contribution in [0, 0.1) is 0 Å². The molecule has 0 saturated heterocycles. The average molecular weight is 234 g/mol. The zero-order chi connectivity index (χ0) is 12.3. The van der Waals surface area contributed by atoms with Gasteiger partial charge in [-0.05, 0) is 30.5 Å².